The average Bonchev–Trinajstić information content (AvgIpc) is 2.47. The molecule has 0 spiro atoms. The number of primary sulfonamides is 1. The van der Waals surface area contributed by atoms with Crippen LogP contribution in [0.5, 0.6) is 5.75 Å². The molecule has 116 valence electrons. The van der Waals surface area contributed by atoms with Crippen LogP contribution in [-0.2, 0) is 14.8 Å². The maximum atomic E-state index is 12.2. The first-order chi connectivity index (χ1) is 9.91. The van der Waals surface area contributed by atoms with Crippen molar-refractivity contribution < 1.29 is 17.9 Å². The van der Waals surface area contributed by atoms with Crippen LogP contribution in [0.25, 0.3) is 0 Å². The van der Waals surface area contributed by atoms with Gasteiger partial charge in [-0.3, -0.25) is 4.79 Å². The Morgan fingerprint density at radius 2 is 2.24 bits per heavy atom. The molecule has 1 amide bonds. The van der Waals surface area contributed by atoms with Crippen molar-refractivity contribution in [3.8, 4) is 5.75 Å². The van der Waals surface area contributed by atoms with E-state index in [9.17, 15) is 13.2 Å². The fourth-order valence-electron chi connectivity index (χ4n) is 2.27. The van der Waals surface area contributed by atoms with Crippen molar-refractivity contribution in [3.05, 3.63) is 18.2 Å². The fourth-order valence-corrected chi connectivity index (χ4v) is 2.81. The number of methoxy groups -OCH3 is 1. The zero-order valence-electron chi connectivity index (χ0n) is 11.8. The van der Waals surface area contributed by atoms with Crippen LogP contribution in [0.3, 0.4) is 0 Å². The van der Waals surface area contributed by atoms with E-state index in [1.165, 1.54) is 25.3 Å². The van der Waals surface area contributed by atoms with Crippen molar-refractivity contribution in [2.24, 2.45) is 11.1 Å². The highest BCUT2D eigenvalue weighted by molar-refractivity contribution is 7.89. The number of hydrogen-bond acceptors (Lipinski definition) is 5. The second kappa shape index (κ2) is 6.42. The highest BCUT2D eigenvalue weighted by atomic mass is 32.2. The van der Waals surface area contributed by atoms with Crippen molar-refractivity contribution in [2.45, 2.75) is 17.7 Å². The normalized spacial score (nSPS) is 19.0. The number of nitrogens with one attached hydrogen (secondary N) is 2. The number of hydrogen-bond donors (Lipinski definition) is 3. The lowest BCUT2D eigenvalue weighted by molar-refractivity contribution is -0.120. The van der Waals surface area contributed by atoms with Gasteiger partial charge in [-0.05, 0) is 37.6 Å². The first kappa shape index (κ1) is 15.7. The number of amides is 1. The summed E-state index contributed by atoms with van der Waals surface area (Å²) in [5.74, 6) is 0.0909. The van der Waals surface area contributed by atoms with E-state index in [1.54, 1.807) is 0 Å². The fraction of sp³-hybridized carbons (Fsp3) is 0.462. The molecule has 0 unspecified atom stereocenters. The molecule has 1 aromatic carbocycles. The lowest BCUT2D eigenvalue weighted by Crippen LogP contribution is -2.37. The number of sulfonamides is 1. The van der Waals surface area contributed by atoms with Gasteiger partial charge in [0.05, 0.1) is 23.6 Å². The number of carbonyl (C=O) groups is 1. The number of ether oxygens (including phenoxy) is 1. The molecule has 0 aliphatic carbocycles. The van der Waals surface area contributed by atoms with Crippen LogP contribution in [0.4, 0.5) is 5.69 Å². The first-order valence-electron chi connectivity index (χ1n) is 6.64. The minimum Gasteiger partial charge on any atom is -0.495 e. The van der Waals surface area contributed by atoms with Crippen molar-refractivity contribution >= 4 is 21.6 Å². The Labute approximate surface area is 123 Å². The molecule has 0 bridgehead atoms. The zero-order chi connectivity index (χ0) is 15.5. The van der Waals surface area contributed by atoms with Crippen LogP contribution in [-0.4, -0.2) is 34.5 Å². The zero-order valence-corrected chi connectivity index (χ0v) is 12.6. The number of carbonyl (C=O) groups excluding carboxylic acids is 1. The van der Waals surface area contributed by atoms with Crippen molar-refractivity contribution in [2.75, 3.05) is 25.5 Å². The van der Waals surface area contributed by atoms with E-state index in [-0.39, 0.29) is 16.7 Å². The van der Waals surface area contributed by atoms with Crippen LogP contribution in [0.15, 0.2) is 23.1 Å². The predicted molar refractivity (Wildman–Crippen MR) is 78.6 cm³/mol. The summed E-state index contributed by atoms with van der Waals surface area (Å²) in [4.78, 5) is 12.1. The molecule has 8 heteroatoms. The Morgan fingerprint density at radius 1 is 1.48 bits per heavy atom. The number of piperidine rings is 1. The molecule has 1 fully saturated rings. The largest absolute Gasteiger partial charge is 0.495 e. The molecule has 1 aromatic rings. The van der Waals surface area contributed by atoms with E-state index >= 15 is 0 Å². The van der Waals surface area contributed by atoms with Gasteiger partial charge in [-0.2, -0.15) is 0 Å². The molecule has 1 saturated heterocycles. The highest BCUT2D eigenvalue weighted by Crippen LogP contribution is 2.28. The van der Waals surface area contributed by atoms with E-state index < -0.39 is 10.0 Å². The van der Waals surface area contributed by atoms with E-state index in [0.717, 1.165) is 19.4 Å². The van der Waals surface area contributed by atoms with Gasteiger partial charge in [0.25, 0.3) is 0 Å². The van der Waals surface area contributed by atoms with Crippen molar-refractivity contribution in [1.29, 1.82) is 0 Å². The summed E-state index contributed by atoms with van der Waals surface area (Å²) < 4.78 is 27.9. The molecular weight excluding hydrogens is 294 g/mol. The van der Waals surface area contributed by atoms with Gasteiger partial charge in [-0.1, -0.05) is 0 Å². The van der Waals surface area contributed by atoms with E-state index in [0.29, 0.717) is 18.0 Å². The standard InChI is InChI=1S/C13H19N3O4S/c1-20-12-5-4-10(21(14,18)19)7-11(12)16-13(17)9-3-2-6-15-8-9/h4-5,7,9,15H,2-3,6,8H2,1H3,(H,16,17)(H2,14,18,19)/t9-/m0/s1. The lowest BCUT2D eigenvalue weighted by Gasteiger charge is -2.22. The van der Waals surface area contributed by atoms with E-state index in [2.05, 4.69) is 10.6 Å². The van der Waals surface area contributed by atoms with Crippen LogP contribution in [0, 0.1) is 5.92 Å². The van der Waals surface area contributed by atoms with Gasteiger partial charge in [0, 0.05) is 6.54 Å². The van der Waals surface area contributed by atoms with Crippen LogP contribution < -0.4 is 20.5 Å². The SMILES string of the molecule is COc1ccc(S(N)(=O)=O)cc1NC(=O)[C@H]1CCCNC1. The van der Waals surface area contributed by atoms with Crippen LogP contribution in [0.2, 0.25) is 0 Å². The summed E-state index contributed by atoms with van der Waals surface area (Å²) in [7, 11) is -2.38. The number of anilines is 1. The number of nitrogens with two attached hydrogens (primary N) is 1. The van der Waals surface area contributed by atoms with Gasteiger partial charge in [0.15, 0.2) is 0 Å². The first-order valence-corrected chi connectivity index (χ1v) is 8.19. The topological polar surface area (TPSA) is 111 Å². The highest BCUT2D eigenvalue weighted by Gasteiger charge is 2.22. The monoisotopic (exact) mass is 313 g/mol. The van der Waals surface area contributed by atoms with Gasteiger partial charge < -0.3 is 15.4 Å². The van der Waals surface area contributed by atoms with Crippen molar-refractivity contribution in [3.63, 3.8) is 0 Å². The van der Waals surface area contributed by atoms with Gasteiger partial charge in [-0.25, -0.2) is 13.6 Å². The maximum absolute atomic E-state index is 12.2. The molecule has 0 aromatic heterocycles. The third kappa shape index (κ3) is 3.93. The Balaban J connectivity index is 2.22. The molecule has 1 atom stereocenters. The summed E-state index contributed by atoms with van der Waals surface area (Å²) in [5.41, 5.74) is 0.305. The maximum Gasteiger partial charge on any atom is 0.238 e. The third-order valence-electron chi connectivity index (χ3n) is 3.43. The molecule has 4 N–H and O–H groups in total. The summed E-state index contributed by atoms with van der Waals surface area (Å²) in [5, 5.41) is 11.0. The Bertz CT molecular complexity index is 624. The second-order valence-electron chi connectivity index (χ2n) is 4.94. The summed E-state index contributed by atoms with van der Waals surface area (Å²) in [6.07, 6.45) is 1.74. The smallest absolute Gasteiger partial charge is 0.238 e. The molecule has 1 aliphatic heterocycles. The molecule has 21 heavy (non-hydrogen) atoms. The van der Waals surface area contributed by atoms with E-state index in [4.69, 9.17) is 9.88 Å². The molecule has 1 heterocycles. The van der Waals surface area contributed by atoms with Gasteiger partial charge in [0.1, 0.15) is 5.75 Å². The second-order valence-corrected chi connectivity index (χ2v) is 6.50. The molecule has 2 rings (SSSR count). The molecule has 7 nitrogen and oxygen atoms in total. The lowest BCUT2D eigenvalue weighted by atomic mass is 9.99. The Kier molecular flexibility index (Phi) is 4.81. The van der Waals surface area contributed by atoms with E-state index in [1.807, 2.05) is 0 Å². The molecular formula is C13H19N3O4S. The third-order valence-corrected chi connectivity index (χ3v) is 4.34. The minimum absolute atomic E-state index is 0.0691. The molecule has 1 aliphatic rings. The quantitative estimate of drug-likeness (QED) is 0.739. The summed E-state index contributed by atoms with van der Waals surface area (Å²) in [6, 6.07) is 4.11. The average molecular weight is 313 g/mol. The number of rotatable bonds is 4. The van der Waals surface area contributed by atoms with Crippen LogP contribution >= 0.6 is 0 Å². The summed E-state index contributed by atoms with van der Waals surface area (Å²) >= 11 is 0. The van der Waals surface area contributed by atoms with Gasteiger partial charge >= 0.3 is 0 Å². The van der Waals surface area contributed by atoms with Gasteiger partial charge in [-0.15, -0.1) is 0 Å². The Hall–Kier alpha value is -1.64. The predicted octanol–water partition coefficient (Wildman–Crippen LogP) is 0.281. The summed E-state index contributed by atoms with van der Waals surface area (Å²) in [6.45, 7) is 1.52. The van der Waals surface area contributed by atoms with Crippen molar-refractivity contribution in [1.82, 2.24) is 5.32 Å². The molecule has 0 saturated carbocycles. The van der Waals surface area contributed by atoms with Gasteiger partial charge in [0.2, 0.25) is 15.9 Å². The number of benzene rings is 1. The minimum atomic E-state index is -3.83. The molecule has 0 radical (unpaired) electrons. The Morgan fingerprint density at radius 3 is 2.81 bits per heavy atom. The van der Waals surface area contributed by atoms with Crippen LogP contribution in [0.1, 0.15) is 12.8 Å².